The van der Waals surface area contributed by atoms with Gasteiger partial charge in [0.25, 0.3) is 11.8 Å². The summed E-state index contributed by atoms with van der Waals surface area (Å²) in [6.07, 6.45) is 15.2. The number of halogens is 3. The second-order valence-corrected chi connectivity index (χ2v) is 22.4. The third-order valence-corrected chi connectivity index (χ3v) is 16.7. The molecule has 75 heavy (non-hydrogen) atoms. The van der Waals surface area contributed by atoms with Crippen LogP contribution in [0.4, 0.5) is 11.4 Å². The zero-order valence-corrected chi connectivity index (χ0v) is 47.6. The molecular formula is C60H77Cl3N10O2. The van der Waals surface area contributed by atoms with E-state index in [2.05, 4.69) is 110 Å². The van der Waals surface area contributed by atoms with Crippen LogP contribution in [-0.4, -0.2) is 106 Å². The molecule has 400 valence electrons. The molecule has 2 fully saturated rings. The molecular weight excluding hydrogens is 999 g/mol. The van der Waals surface area contributed by atoms with E-state index in [-0.39, 0.29) is 11.8 Å². The van der Waals surface area contributed by atoms with Gasteiger partial charge in [0.15, 0.2) is 0 Å². The molecule has 6 aromatic rings. The van der Waals surface area contributed by atoms with Crippen LogP contribution in [0.25, 0.3) is 0 Å². The number of rotatable bonds is 21. The number of anilines is 2. The van der Waals surface area contributed by atoms with Crippen molar-refractivity contribution in [2.24, 2.45) is 0 Å². The van der Waals surface area contributed by atoms with E-state index in [9.17, 15) is 9.59 Å². The van der Waals surface area contributed by atoms with Crippen molar-refractivity contribution in [2.45, 2.75) is 143 Å². The van der Waals surface area contributed by atoms with Gasteiger partial charge in [-0.2, -0.15) is 0 Å². The second-order valence-electron chi connectivity index (χ2n) is 21.1. The third-order valence-electron chi connectivity index (χ3n) is 16.0. The van der Waals surface area contributed by atoms with E-state index >= 15 is 0 Å². The van der Waals surface area contributed by atoms with Crippen molar-refractivity contribution in [2.75, 3.05) is 50.6 Å². The molecule has 2 saturated carbocycles. The van der Waals surface area contributed by atoms with Crippen LogP contribution >= 0.6 is 34.8 Å². The number of aryl methyl sites for hydroxylation is 1. The van der Waals surface area contributed by atoms with E-state index in [0.29, 0.717) is 83.0 Å². The highest BCUT2D eigenvalue weighted by Crippen LogP contribution is 2.36. The van der Waals surface area contributed by atoms with Crippen LogP contribution < -0.4 is 20.4 Å². The largest absolute Gasteiger partial charge is 0.369 e. The Morgan fingerprint density at radius 2 is 1.19 bits per heavy atom. The maximum atomic E-state index is 14.0. The fourth-order valence-corrected chi connectivity index (χ4v) is 12.4. The Morgan fingerprint density at radius 1 is 0.640 bits per heavy atom. The number of hydrogen-bond acceptors (Lipinski definition) is 8. The number of nitrogens with one attached hydrogen (secondary N) is 2. The molecule has 0 atom stereocenters. The molecule has 2 amide bonds. The quantitative estimate of drug-likeness (QED) is 0.0734. The standard InChI is InChI=1S/C60H77Cl3N10O2/c1-9-72(51-23-19-49(20-24-51)68(6)7)56-34-48(63)32-54(42(56)5)60(75)66-35-58-67-40(3)36-71(58)39-45-14-12-11-13-44(45)38-69(8)50-21-25-52(26-22-50)73(10-2)55-33-47(62)31-53(41(55)4)59(74)65-28-27-57-64-29-30-70(57)37-43-15-17-46(61)18-16-43/h11-18,29-34,36,49-52H,9-10,19-28,35,37-39H2,1-8H3,(H,65,74)(H,66,75). The monoisotopic (exact) mass is 1070 g/mol. The lowest BCUT2D eigenvalue weighted by atomic mass is 9.88. The molecule has 12 nitrogen and oxygen atoms in total. The average molecular weight is 1080 g/mol. The van der Waals surface area contributed by atoms with Crippen LogP contribution in [0, 0.1) is 20.8 Å². The molecule has 8 rings (SSSR count). The normalized spacial score (nSPS) is 17.9. The van der Waals surface area contributed by atoms with E-state index in [1.807, 2.05) is 63.4 Å². The molecule has 2 aliphatic rings. The highest BCUT2D eigenvalue weighted by molar-refractivity contribution is 6.32. The Hall–Kier alpha value is -5.37. The number of amides is 2. The predicted octanol–water partition coefficient (Wildman–Crippen LogP) is 11.9. The number of aromatic nitrogens is 4. The number of carbonyl (C=O) groups excluding carboxylic acids is 2. The van der Waals surface area contributed by atoms with Crippen molar-refractivity contribution in [1.29, 1.82) is 0 Å². The van der Waals surface area contributed by atoms with Gasteiger partial charge in [0, 0.05) is 126 Å². The molecule has 0 saturated heterocycles. The SMILES string of the molecule is CCN(c1cc(Cl)cc(C(=O)NCCc2nccn2Cc2ccc(Cl)cc2)c1C)C1CCC(N(C)Cc2ccccc2Cn2cc(C)nc2CNC(=O)c2cc(Cl)cc(N(CC)C3CCC(N(C)C)CC3)c2C)CC1. The summed E-state index contributed by atoms with van der Waals surface area (Å²) in [6.45, 7) is 15.0. The van der Waals surface area contributed by atoms with Crippen LogP contribution in [0.2, 0.25) is 15.1 Å². The highest BCUT2D eigenvalue weighted by Gasteiger charge is 2.31. The molecule has 0 radical (unpaired) electrons. The van der Waals surface area contributed by atoms with E-state index < -0.39 is 0 Å². The zero-order valence-electron chi connectivity index (χ0n) is 45.3. The Labute approximate surface area is 460 Å². The van der Waals surface area contributed by atoms with Crippen molar-refractivity contribution in [3.8, 4) is 0 Å². The van der Waals surface area contributed by atoms with Crippen LogP contribution in [0.1, 0.15) is 131 Å². The molecule has 2 aliphatic carbocycles. The molecule has 0 spiro atoms. The summed E-state index contributed by atoms with van der Waals surface area (Å²) in [5.41, 5.74) is 9.71. The van der Waals surface area contributed by atoms with Gasteiger partial charge in [-0.25, -0.2) is 9.97 Å². The fraction of sp³-hybridized carbons (Fsp3) is 0.467. The molecule has 0 bridgehead atoms. The minimum absolute atomic E-state index is 0.135. The van der Waals surface area contributed by atoms with Gasteiger partial charge < -0.3 is 34.5 Å². The predicted molar refractivity (Wildman–Crippen MR) is 308 cm³/mol. The van der Waals surface area contributed by atoms with Gasteiger partial charge in [-0.1, -0.05) is 71.2 Å². The van der Waals surface area contributed by atoms with E-state index in [1.54, 1.807) is 18.3 Å². The number of hydrogen-bond donors (Lipinski definition) is 2. The Balaban J connectivity index is 0.856. The van der Waals surface area contributed by atoms with Crippen molar-refractivity contribution in [1.82, 2.24) is 39.5 Å². The van der Waals surface area contributed by atoms with Crippen molar-refractivity contribution >= 4 is 58.0 Å². The summed E-state index contributed by atoms with van der Waals surface area (Å²) in [5.74, 6) is 1.43. The van der Waals surface area contributed by atoms with Crippen molar-refractivity contribution in [3.63, 3.8) is 0 Å². The summed E-state index contributed by atoms with van der Waals surface area (Å²) in [7, 11) is 6.60. The number of benzene rings is 4. The van der Waals surface area contributed by atoms with E-state index in [0.717, 1.165) is 116 Å². The molecule has 15 heteroatoms. The lowest BCUT2D eigenvalue weighted by Crippen LogP contribution is -2.43. The molecule has 2 heterocycles. The first-order valence-electron chi connectivity index (χ1n) is 27.0. The van der Waals surface area contributed by atoms with Gasteiger partial charge in [0.1, 0.15) is 11.6 Å². The lowest BCUT2D eigenvalue weighted by molar-refractivity contribution is 0.0942. The summed E-state index contributed by atoms with van der Waals surface area (Å²) < 4.78 is 4.27. The van der Waals surface area contributed by atoms with Crippen LogP contribution in [-0.2, 0) is 32.6 Å². The van der Waals surface area contributed by atoms with Crippen LogP contribution in [0.5, 0.6) is 0 Å². The van der Waals surface area contributed by atoms with Crippen LogP contribution in [0.3, 0.4) is 0 Å². The number of imidazole rings is 2. The smallest absolute Gasteiger partial charge is 0.252 e. The van der Waals surface area contributed by atoms with Gasteiger partial charge in [0.2, 0.25) is 0 Å². The first kappa shape index (κ1) is 55.9. The van der Waals surface area contributed by atoms with E-state index in [4.69, 9.17) is 39.8 Å². The van der Waals surface area contributed by atoms with Gasteiger partial charge >= 0.3 is 0 Å². The molecule has 4 aromatic carbocycles. The molecule has 0 unspecified atom stereocenters. The maximum Gasteiger partial charge on any atom is 0.252 e. The Morgan fingerprint density at radius 3 is 1.76 bits per heavy atom. The summed E-state index contributed by atoms with van der Waals surface area (Å²) in [4.78, 5) is 47.0. The average Bonchev–Trinajstić information content (AvgIpc) is 4.00. The highest BCUT2D eigenvalue weighted by atomic mass is 35.5. The van der Waals surface area contributed by atoms with Crippen LogP contribution in [0.15, 0.2) is 91.4 Å². The molecule has 2 aromatic heterocycles. The van der Waals surface area contributed by atoms with E-state index in [1.165, 1.54) is 11.1 Å². The first-order valence-corrected chi connectivity index (χ1v) is 28.1. The number of nitrogens with zero attached hydrogens (tertiary/aromatic N) is 8. The van der Waals surface area contributed by atoms with Crippen molar-refractivity contribution in [3.05, 3.63) is 163 Å². The minimum atomic E-state index is -0.149. The Kier molecular flexibility index (Phi) is 19.1. The first-order chi connectivity index (χ1) is 36.1. The topological polar surface area (TPSA) is 107 Å². The number of carbonyl (C=O) groups is 2. The minimum Gasteiger partial charge on any atom is -0.369 e. The van der Waals surface area contributed by atoms with Gasteiger partial charge in [-0.05, 0) is 171 Å². The van der Waals surface area contributed by atoms with Gasteiger partial charge in [-0.3, -0.25) is 14.5 Å². The zero-order chi connectivity index (χ0) is 53.3. The van der Waals surface area contributed by atoms with Gasteiger partial charge in [0.05, 0.1) is 12.2 Å². The lowest BCUT2D eigenvalue weighted by Gasteiger charge is -2.41. The maximum absolute atomic E-state index is 14.0. The van der Waals surface area contributed by atoms with Gasteiger partial charge in [-0.15, -0.1) is 0 Å². The Bertz CT molecular complexity index is 2880. The fourth-order valence-electron chi connectivity index (χ4n) is 11.8. The second kappa shape index (κ2) is 25.6. The summed E-state index contributed by atoms with van der Waals surface area (Å²) >= 11 is 19.7. The molecule has 2 N–H and O–H groups in total. The summed E-state index contributed by atoms with van der Waals surface area (Å²) in [6, 6.07) is 25.9. The summed E-state index contributed by atoms with van der Waals surface area (Å²) in [5, 5.41) is 8.19. The third kappa shape index (κ3) is 13.8. The van der Waals surface area contributed by atoms with Crippen molar-refractivity contribution < 1.29 is 9.59 Å². The molecule has 0 aliphatic heterocycles.